The van der Waals surface area contributed by atoms with Gasteiger partial charge >= 0.3 is 0 Å². The van der Waals surface area contributed by atoms with Crippen molar-refractivity contribution < 1.29 is 14.7 Å². The standard InChI is InChI=1S/C9H8O3/c1-6(10)9(12)7-3-2-4-8(11)5-7/h2-5,11H,1H3. The van der Waals surface area contributed by atoms with E-state index in [-0.39, 0.29) is 11.3 Å². The molecule has 3 nitrogen and oxygen atoms in total. The summed E-state index contributed by atoms with van der Waals surface area (Å²) < 4.78 is 0. The highest BCUT2D eigenvalue weighted by Gasteiger charge is 2.10. The Kier molecular flexibility index (Phi) is 2.24. The van der Waals surface area contributed by atoms with Crippen molar-refractivity contribution in [3.8, 4) is 5.75 Å². The van der Waals surface area contributed by atoms with E-state index in [1.54, 1.807) is 0 Å². The average Bonchev–Trinajstić information content (AvgIpc) is 2.03. The Hall–Kier alpha value is -1.64. The van der Waals surface area contributed by atoms with Gasteiger partial charge in [-0.2, -0.15) is 0 Å². The van der Waals surface area contributed by atoms with Gasteiger partial charge < -0.3 is 5.11 Å². The smallest absolute Gasteiger partial charge is 0.228 e. The molecule has 0 bridgehead atoms. The van der Waals surface area contributed by atoms with Crippen LogP contribution in [0.3, 0.4) is 0 Å². The molecule has 0 spiro atoms. The number of hydrogen-bond donors (Lipinski definition) is 1. The van der Waals surface area contributed by atoms with E-state index in [0.29, 0.717) is 0 Å². The Bertz CT molecular complexity index is 328. The van der Waals surface area contributed by atoms with Crippen LogP contribution in [0, 0.1) is 0 Å². The van der Waals surface area contributed by atoms with Gasteiger partial charge in [0.25, 0.3) is 0 Å². The summed E-state index contributed by atoms with van der Waals surface area (Å²) in [5, 5.41) is 8.98. The van der Waals surface area contributed by atoms with Crippen molar-refractivity contribution in [2.45, 2.75) is 6.92 Å². The van der Waals surface area contributed by atoms with Crippen LogP contribution in [0.2, 0.25) is 0 Å². The molecule has 1 rings (SSSR count). The summed E-state index contributed by atoms with van der Waals surface area (Å²) in [5.74, 6) is -1.12. The highest BCUT2D eigenvalue weighted by molar-refractivity contribution is 6.42. The summed E-state index contributed by atoms with van der Waals surface area (Å²) >= 11 is 0. The SMILES string of the molecule is CC(=O)C(=O)c1cccc(O)c1. The van der Waals surface area contributed by atoms with Gasteiger partial charge in [0.05, 0.1) is 0 Å². The van der Waals surface area contributed by atoms with E-state index in [9.17, 15) is 9.59 Å². The van der Waals surface area contributed by atoms with Crippen molar-refractivity contribution in [3.63, 3.8) is 0 Å². The third-order valence-corrected chi connectivity index (χ3v) is 1.43. The molecule has 1 aromatic carbocycles. The molecule has 0 unspecified atom stereocenters. The first-order valence-corrected chi connectivity index (χ1v) is 3.45. The van der Waals surface area contributed by atoms with Gasteiger partial charge in [0.2, 0.25) is 5.78 Å². The zero-order valence-corrected chi connectivity index (χ0v) is 6.57. The predicted octanol–water partition coefficient (Wildman–Crippen LogP) is 1.16. The molecule has 0 aliphatic rings. The lowest BCUT2D eigenvalue weighted by Crippen LogP contribution is -2.08. The Morgan fingerprint density at radius 1 is 1.33 bits per heavy atom. The zero-order chi connectivity index (χ0) is 9.14. The number of phenolic OH excluding ortho intramolecular Hbond substituents is 1. The lowest BCUT2D eigenvalue weighted by Gasteiger charge is -1.96. The monoisotopic (exact) mass is 164 g/mol. The highest BCUT2D eigenvalue weighted by atomic mass is 16.3. The summed E-state index contributed by atoms with van der Waals surface area (Å²) in [7, 11) is 0. The third kappa shape index (κ3) is 1.69. The minimum absolute atomic E-state index is 0.0119. The van der Waals surface area contributed by atoms with E-state index in [2.05, 4.69) is 0 Å². The van der Waals surface area contributed by atoms with Gasteiger partial charge in [-0.25, -0.2) is 0 Å². The fourth-order valence-electron chi connectivity index (χ4n) is 0.850. The second-order valence-electron chi connectivity index (χ2n) is 2.44. The average molecular weight is 164 g/mol. The number of carbonyl (C=O) groups excluding carboxylic acids is 2. The number of benzene rings is 1. The Morgan fingerprint density at radius 2 is 2.00 bits per heavy atom. The van der Waals surface area contributed by atoms with Crippen LogP contribution in [0.4, 0.5) is 0 Å². The first-order valence-electron chi connectivity index (χ1n) is 3.45. The quantitative estimate of drug-likeness (QED) is 0.527. The number of hydrogen-bond acceptors (Lipinski definition) is 3. The van der Waals surface area contributed by atoms with Crippen LogP contribution in [0.25, 0.3) is 0 Å². The van der Waals surface area contributed by atoms with Crippen molar-refractivity contribution >= 4 is 11.6 Å². The van der Waals surface area contributed by atoms with E-state index >= 15 is 0 Å². The molecule has 0 aromatic heterocycles. The molecule has 1 N–H and O–H groups in total. The molecular formula is C9H8O3. The van der Waals surface area contributed by atoms with E-state index in [1.807, 2.05) is 0 Å². The van der Waals surface area contributed by atoms with Crippen LogP contribution < -0.4 is 0 Å². The predicted molar refractivity (Wildman–Crippen MR) is 43.1 cm³/mol. The minimum Gasteiger partial charge on any atom is -0.508 e. The van der Waals surface area contributed by atoms with Crippen LogP contribution >= 0.6 is 0 Å². The molecule has 1 aromatic rings. The zero-order valence-electron chi connectivity index (χ0n) is 6.57. The molecule has 0 aliphatic heterocycles. The first-order chi connectivity index (χ1) is 5.61. The van der Waals surface area contributed by atoms with E-state index in [4.69, 9.17) is 5.11 Å². The molecule has 0 fully saturated rings. The van der Waals surface area contributed by atoms with Crippen LogP contribution in [0.5, 0.6) is 5.75 Å². The molecule has 12 heavy (non-hydrogen) atoms. The number of carbonyl (C=O) groups is 2. The Labute approximate surface area is 69.6 Å². The number of Topliss-reactive ketones (excluding diaryl/α,β-unsaturated/α-hetero) is 2. The molecule has 0 radical (unpaired) electrons. The van der Waals surface area contributed by atoms with Crippen LogP contribution in [-0.4, -0.2) is 16.7 Å². The summed E-state index contributed by atoms with van der Waals surface area (Å²) in [6, 6.07) is 5.72. The van der Waals surface area contributed by atoms with E-state index in [0.717, 1.165) is 0 Å². The molecular weight excluding hydrogens is 156 g/mol. The maximum absolute atomic E-state index is 11.0. The Morgan fingerprint density at radius 3 is 2.50 bits per heavy atom. The molecule has 0 aliphatic carbocycles. The lowest BCUT2D eigenvalue weighted by molar-refractivity contribution is -0.113. The van der Waals surface area contributed by atoms with Crippen molar-refractivity contribution in [2.24, 2.45) is 0 Å². The topological polar surface area (TPSA) is 54.4 Å². The van der Waals surface area contributed by atoms with Gasteiger partial charge in [-0.3, -0.25) is 9.59 Å². The fourth-order valence-corrected chi connectivity index (χ4v) is 0.850. The first kappa shape index (κ1) is 8.46. The normalized spacial score (nSPS) is 9.42. The van der Waals surface area contributed by atoms with Gasteiger partial charge in [-0.15, -0.1) is 0 Å². The number of phenols is 1. The van der Waals surface area contributed by atoms with Crippen LogP contribution in [0.1, 0.15) is 17.3 Å². The van der Waals surface area contributed by atoms with E-state index in [1.165, 1.54) is 31.2 Å². The van der Waals surface area contributed by atoms with Crippen LogP contribution in [-0.2, 0) is 4.79 Å². The largest absolute Gasteiger partial charge is 0.508 e. The number of rotatable bonds is 2. The second kappa shape index (κ2) is 3.17. The maximum atomic E-state index is 11.0. The van der Waals surface area contributed by atoms with Gasteiger partial charge in [0, 0.05) is 12.5 Å². The molecule has 3 heteroatoms. The van der Waals surface area contributed by atoms with Gasteiger partial charge in [0.15, 0.2) is 5.78 Å². The summed E-state index contributed by atoms with van der Waals surface area (Å²) in [6.07, 6.45) is 0. The third-order valence-electron chi connectivity index (χ3n) is 1.43. The molecule has 0 atom stereocenters. The van der Waals surface area contributed by atoms with Gasteiger partial charge in [-0.1, -0.05) is 12.1 Å². The number of ketones is 2. The highest BCUT2D eigenvalue weighted by Crippen LogP contribution is 2.11. The molecule has 62 valence electrons. The summed E-state index contributed by atoms with van der Waals surface area (Å²) in [6.45, 7) is 1.20. The van der Waals surface area contributed by atoms with E-state index < -0.39 is 11.6 Å². The molecule has 0 saturated heterocycles. The molecule has 0 saturated carbocycles. The minimum atomic E-state index is -0.578. The van der Waals surface area contributed by atoms with Crippen molar-refractivity contribution in [3.05, 3.63) is 29.8 Å². The second-order valence-corrected chi connectivity index (χ2v) is 2.44. The fraction of sp³-hybridized carbons (Fsp3) is 0.111. The Balaban J connectivity index is 3.04. The summed E-state index contributed by atoms with van der Waals surface area (Å²) in [5.41, 5.74) is 0.225. The maximum Gasteiger partial charge on any atom is 0.228 e. The van der Waals surface area contributed by atoms with Crippen molar-refractivity contribution in [2.75, 3.05) is 0 Å². The molecule has 0 heterocycles. The van der Waals surface area contributed by atoms with Crippen molar-refractivity contribution in [1.29, 1.82) is 0 Å². The van der Waals surface area contributed by atoms with Gasteiger partial charge in [0.1, 0.15) is 5.75 Å². The summed E-state index contributed by atoms with van der Waals surface area (Å²) in [4.78, 5) is 21.7. The number of aromatic hydroxyl groups is 1. The van der Waals surface area contributed by atoms with Gasteiger partial charge in [-0.05, 0) is 12.1 Å². The molecule has 0 amide bonds. The lowest BCUT2D eigenvalue weighted by atomic mass is 10.1. The van der Waals surface area contributed by atoms with Crippen molar-refractivity contribution in [1.82, 2.24) is 0 Å². The van der Waals surface area contributed by atoms with Crippen LogP contribution in [0.15, 0.2) is 24.3 Å².